The Morgan fingerprint density at radius 3 is 2.70 bits per heavy atom. The number of hydrogen-bond acceptors (Lipinski definition) is 4. The van der Waals surface area contributed by atoms with Gasteiger partial charge in [-0.15, -0.1) is 0 Å². The molecule has 1 aromatic heterocycles. The third kappa shape index (κ3) is 3.35. The lowest BCUT2D eigenvalue weighted by atomic mass is 9.95. The van der Waals surface area contributed by atoms with E-state index in [4.69, 9.17) is 4.98 Å². The molecule has 0 aliphatic carbocycles. The van der Waals surface area contributed by atoms with Crippen molar-refractivity contribution < 1.29 is 0 Å². The normalized spacial score (nSPS) is 17.6. The minimum absolute atomic E-state index is 0.478. The summed E-state index contributed by atoms with van der Waals surface area (Å²) in [4.78, 5) is 7.34. The SMILES string of the molecule is c1ccc(-c2n[nH]c(C3CCN(Cc4cccc5c4NCC5)CC3)n2)cc1. The highest BCUT2D eigenvalue weighted by Crippen LogP contribution is 2.31. The molecular weight excluding hydrogens is 334 g/mol. The van der Waals surface area contributed by atoms with Gasteiger partial charge in [-0.25, -0.2) is 4.98 Å². The summed E-state index contributed by atoms with van der Waals surface area (Å²) in [6.45, 7) is 4.32. The molecule has 5 heteroatoms. The summed E-state index contributed by atoms with van der Waals surface area (Å²) >= 11 is 0. The lowest BCUT2D eigenvalue weighted by Crippen LogP contribution is -2.33. The Kier molecular flexibility index (Phi) is 4.38. The predicted octanol–water partition coefficient (Wildman–Crippen LogP) is 3.82. The smallest absolute Gasteiger partial charge is 0.181 e. The largest absolute Gasteiger partial charge is 0.384 e. The van der Waals surface area contributed by atoms with E-state index in [9.17, 15) is 0 Å². The number of H-pyrrole nitrogens is 1. The van der Waals surface area contributed by atoms with Gasteiger partial charge in [0.1, 0.15) is 5.82 Å². The van der Waals surface area contributed by atoms with Crippen LogP contribution in [0.1, 0.15) is 35.7 Å². The van der Waals surface area contributed by atoms with Crippen LogP contribution in [0.3, 0.4) is 0 Å². The number of para-hydroxylation sites is 1. The second kappa shape index (κ2) is 7.16. The molecule has 0 saturated carbocycles. The highest BCUT2D eigenvalue weighted by Gasteiger charge is 2.24. The van der Waals surface area contributed by atoms with Gasteiger partial charge in [0.2, 0.25) is 0 Å². The van der Waals surface area contributed by atoms with Crippen LogP contribution in [0.2, 0.25) is 0 Å². The molecule has 3 heterocycles. The summed E-state index contributed by atoms with van der Waals surface area (Å²) < 4.78 is 0. The van der Waals surface area contributed by atoms with Gasteiger partial charge in [0.05, 0.1) is 0 Å². The van der Waals surface area contributed by atoms with E-state index in [1.165, 1.54) is 16.8 Å². The number of benzene rings is 2. The fourth-order valence-electron chi connectivity index (χ4n) is 4.32. The topological polar surface area (TPSA) is 56.8 Å². The number of aromatic nitrogens is 3. The first-order valence-corrected chi connectivity index (χ1v) is 9.91. The first-order chi connectivity index (χ1) is 13.4. The first kappa shape index (κ1) is 16.5. The van der Waals surface area contributed by atoms with Crippen molar-refractivity contribution in [1.29, 1.82) is 0 Å². The third-order valence-corrected chi connectivity index (χ3v) is 5.84. The van der Waals surface area contributed by atoms with Crippen molar-refractivity contribution in [3.05, 3.63) is 65.5 Å². The van der Waals surface area contributed by atoms with Crippen molar-refractivity contribution >= 4 is 5.69 Å². The molecule has 2 aliphatic heterocycles. The van der Waals surface area contributed by atoms with Gasteiger partial charge in [-0.05, 0) is 43.5 Å². The number of rotatable bonds is 4. The van der Waals surface area contributed by atoms with Crippen LogP contribution in [-0.4, -0.2) is 39.7 Å². The van der Waals surface area contributed by atoms with Crippen LogP contribution in [-0.2, 0) is 13.0 Å². The van der Waals surface area contributed by atoms with Gasteiger partial charge in [-0.1, -0.05) is 48.5 Å². The molecule has 0 unspecified atom stereocenters. The van der Waals surface area contributed by atoms with E-state index in [1.807, 2.05) is 18.2 Å². The summed E-state index contributed by atoms with van der Waals surface area (Å²) in [5.41, 5.74) is 5.36. The van der Waals surface area contributed by atoms with E-state index in [0.717, 1.165) is 62.7 Å². The van der Waals surface area contributed by atoms with Crippen LogP contribution < -0.4 is 5.32 Å². The molecule has 0 bridgehead atoms. The Hall–Kier alpha value is -2.66. The summed E-state index contributed by atoms with van der Waals surface area (Å²) in [7, 11) is 0. The maximum atomic E-state index is 4.77. The molecule has 1 fully saturated rings. The van der Waals surface area contributed by atoms with Gasteiger partial charge in [0, 0.05) is 30.3 Å². The molecule has 5 nitrogen and oxygen atoms in total. The fraction of sp³-hybridized carbons (Fsp3) is 0.364. The molecule has 138 valence electrons. The number of piperidine rings is 1. The number of fused-ring (bicyclic) bond motifs is 1. The average Bonchev–Trinajstić information content (AvgIpc) is 3.40. The van der Waals surface area contributed by atoms with Gasteiger partial charge in [0.15, 0.2) is 5.82 Å². The lowest BCUT2D eigenvalue weighted by Gasteiger charge is -2.31. The van der Waals surface area contributed by atoms with Gasteiger partial charge >= 0.3 is 0 Å². The summed E-state index contributed by atoms with van der Waals surface area (Å²) in [5, 5.41) is 11.2. The molecular formula is C22H25N5. The molecule has 2 aliphatic rings. The molecule has 2 N–H and O–H groups in total. The Morgan fingerprint density at radius 1 is 1.00 bits per heavy atom. The Balaban J connectivity index is 1.22. The average molecular weight is 359 g/mol. The summed E-state index contributed by atoms with van der Waals surface area (Å²) in [5.74, 6) is 2.32. The maximum absolute atomic E-state index is 4.77. The maximum Gasteiger partial charge on any atom is 0.181 e. The van der Waals surface area contributed by atoms with Gasteiger partial charge < -0.3 is 5.32 Å². The van der Waals surface area contributed by atoms with E-state index in [1.54, 1.807) is 0 Å². The molecule has 0 spiro atoms. The van der Waals surface area contributed by atoms with Crippen LogP contribution in [0.15, 0.2) is 48.5 Å². The number of anilines is 1. The van der Waals surface area contributed by atoms with Crippen LogP contribution >= 0.6 is 0 Å². The van der Waals surface area contributed by atoms with E-state index < -0.39 is 0 Å². The van der Waals surface area contributed by atoms with Crippen LogP contribution in [0.4, 0.5) is 5.69 Å². The highest BCUT2D eigenvalue weighted by molar-refractivity contribution is 5.61. The second-order valence-corrected chi connectivity index (χ2v) is 7.59. The van der Waals surface area contributed by atoms with E-state index in [-0.39, 0.29) is 0 Å². The molecule has 27 heavy (non-hydrogen) atoms. The first-order valence-electron chi connectivity index (χ1n) is 9.91. The van der Waals surface area contributed by atoms with Crippen molar-refractivity contribution in [2.24, 2.45) is 0 Å². The van der Waals surface area contributed by atoms with Crippen molar-refractivity contribution in [2.45, 2.75) is 31.7 Å². The number of hydrogen-bond donors (Lipinski definition) is 2. The zero-order chi connectivity index (χ0) is 18.1. The van der Waals surface area contributed by atoms with Crippen molar-refractivity contribution in [2.75, 3.05) is 25.0 Å². The molecule has 0 atom stereocenters. The van der Waals surface area contributed by atoms with Crippen molar-refractivity contribution in [3.63, 3.8) is 0 Å². The predicted molar refractivity (Wildman–Crippen MR) is 108 cm³/mol. The van der Waals surface area contributed by atoms with E-state index >= 15 is 0 Å². The Morgan fingerprint density at radius 2 is 1.85 bits per heavy atom. The number of aromatic amines is 1. The lowest BCUT2D eigenvalue weighted by molar-refractivity contribution is 0.202. The quantitative estimate of drug-likeness (QED) is 0.743. The number of nitrogens with zero attached hydrogens (tertiary/aromatic N) is 3. The highest BCUT2D eigenvalue weighted by atomic mass is 15.2. The summed E-state index contributed by atoms with van der Waals surface area (Å²) in [6.07, 6.45) is 3.41. The van der Waals surface area contributed by atoms with Crippen molar-refractivity contribution in [1.82, 2.24) is 20.1 Å². The molecule has 1 saturated heterocycles. The number of likely N-dealkylation sites (tertiary alicyclic amines) is 1. The zero-order valence-electron chi connectivity index (χ0n) is 15.5. The standard InChI is InChI=1S/C22H25N5/c1-2-5-17(6-3-1)21-24-22(26-25-21)18-10-13-27(14-11-18)15-19-8-4-7-16-9-12-23-20(16)19/h1-8,18,23H,9-15H2,(H,24,25,26). The fourth-order valence-corrected chi connectivity index (χ4v) is 4.32. The summed E-state index contributed by atoms with van der Waals surface area (Å²) in [6, 6.07) is 16.9. The Bertz CT molecular complexity index is 909. The zero-order valence-corrected chi connectivity index (χ0v) is 15.5. The van der Waals surface area contributed by atoms with Gasteiger partial charge in [0.25, 0.3) is 0 Å². The second-order valence-electron chi connectivity index (χ2n) is 7.59. The van der Waals surface area contributed by atoms with Crippen molar-refractivity contribution in [3.8, 4) is 11.4 Å². The van der Waals surface area contributed by atoms with Gasteiger partial charge in [-0.2, -0.15) is 5.10 Å². The molecule has 5 rings (SSSR count). The number of nitrogens with one attached hydrogen (secondary N) is 2. The molecule has 3 aromatic rings. The molecule has 0 amide bonds. The monoisotopic (exact) mass is 359 g/mol. The van der Waals surface area contributed by atoms with E-state index in [2.05, 4.69) is 50.7 Å². The van der Waals surface area contributed by atoms with Crippen LogP contribution in [0.5, 0.6) is 0 Å². The van der Waals surface area contributed by atoms with Crippen LogP contribution in [0.25, 0.3) is 11.4 Å². The van der Waals surface area contributed by atoms with Gasteiger partial charge in [-0.3, -0.25) is 10.00 Å². The van der Waals surface area contributed by atoms with E-state index in [0.29, 0.717) is 5.92 Å². The Labute approximate surface area is 159 Å². The minimum Gasteiger partial charge on any atom is -0.384 e. The minimum atomic E-state index is 0.478. The third-order valence-electron chi connectivity index (χ3n) is 5.84. The molecule has 2 aromatic carbocycles. The molecule has 0 radical (unpaired) electrons. The van der Waals surface area contributed by atoms with Crippen LogP contribution in [0, 0.1) is 0 Å².